The van der Waals surface area contributed by atoms with Crippen molar-refractivity contribution in [2.75, 3.05) is 14.2 Å². The monoisotopic (exact) mass is 718 g/mol. The van der Waals surface area contributed by atoms with Crippen LogP contribution in [0.1, 0.15) is 76.7 Å². The van der Waals surface area contributed by atoms with Gasteiger partial charge in [-0.05, 0) is 64.6 Å². The Morgan fingerprint density at radius 3 is 1.72 bits per heavy atom. The van der Waals surface area contributed by atoms with Gasteiger partial charge in [0.1, 0.15) is 23.2 Å². The zero-order valence-electron chi connectivity index (χ0n) is 30.9. The molecule has 1 N–H and O–H groups in total. The van der Waals surface area contributed by atoms with E-state index >= 15 is 0 Å². The van der Waals surface area contributed by atoms with Gasteiger partial charge in [0.25, 0.3) is 0 Å². The normalized spacial score (nSPS) is 14.3. The van der Waals surface area contributed by atoms with E-state index in [1.165, 1.54) is 7.11 Å². The van der Waals surface area contributed by atoms with Crippen LogP contribution in [-0.4, -0.2) is 34.8 Å². The summed E-state index contributed by atoms with van der Waals surface area (Å²) in [4.78, 5) is 17.9. The maximum atomic E-state index is 13.2. The van der Waals surface area contributed by atoms with Gasteiger partial charge in [-0.15, -0.1) is 10.2 Å². The number of carbonyl (C=O) groups excluding carboxylic acids is 1. The molecule has 10 heteroatoms. The van der Waals surface area contributed by atoms with Crippen LogP contribution in [0.2, 0.25) is 0 Å². The zero-order valence-corrected chi connectivity index (χ0v) is 30.9. The van der Waals surface area contributed by atoms with Crippen molar-refractivity contribution in [2.45, 2.75) is 50.1 Å². The van der Waals surface area contributed by atoms with Crippen molar-refractivity contribution in [1.82, 2.24) is 9.55 Å². The van der Waals surface area contributed by atoms with Crippen molar-refractivity contribution in [1.29, 1.82) is 0 Å². The summed E-state index contributed by atoms with van der Waals surface area (Å²) in [5.41, 5.74) is 3.21. The van der Waals surface area contributed by atoms with Crippen LogP contribution in [0, 0.1) is 0 Å². The average molecular weight is 719 g/mol. The summed E-state index contributed by atoms with van der Waals surface area (Å²) in [6.45, 7) is 5.32. The van der Waals surface area contributed by atoms with Crippen molar-refractivity contribution in [3.63, 3.8) is 0 Å². The number of nitrogens with zero attached hydrogens (tertiary/aromatic N) is 6. The molecule has 1 aliphatic heterocycles. The number of imidazole rings is 1. The van der Waals surface area contributed by atoms with Gasteiger partial charge in [-0.1, -0.05) is 140 Å². The van der Waals surface area contributed by atoms with E-state index in [4.69, 9.17) is 24.7 Å². The molecule has 0 amide bonds. The highest BCUT2D eigenvalue weighted by Gasteiger charge is 2.60. The second kappa shape index (κ2) is 14.7. The van der Waals surface area contributed by atoms with Gasteiger partial charge in [0.15, 0.2) is 5.69 Å². The van der Waals surface area contributed by atoms with Crippen molar-refractivity contribution in [2.24, 2.45) is 20.7 Å². The van der Waals surface area contributed by atoms with E-state index in [0.29, 0.717) is 5.82 Å². The fraction of sp³-hybridized carbons (Fsp3) is 0.227. The quantitative estimate of drug-likeness (QED) is 0.0998. The Morgan fingerprint density at radius 2 is 1.24 bits per heavy atom. The third-order valence-corrected chi connectivity index (χ3v) is 10.1. The number of methoxy groups -OCH3 is 2. The Balaban J connectivity index is 1.39. The number of aromatic nitrogens is 2. The molecule has 6 aromatic rings. The lowest BCUT2D eigenvalue weighted by atomic mass is 9.59. The van der Waals surface area contributed by atoms with E-state index in [9.17, 15) is 9.90 Å². The molecule has 1 unspecified atom stereocenters. The van der Waals surface area contributed by atoms with Gasteiger partial charge in [-0.3, -0.25) is 0 Å². The van der Waals surface area contributed by atoms with E-state index in [0.717, 1.165) is 38.9 Å². The molecule has 0 saturated carbocycles. The minimum absolute atomic E-state index is 0.177. The number of rotatable bonds is 12. The highest BCUT2D eigenvalue weighted by atomic mass is 16.5. The summed E-state index contributed by atoms with van der Waals surface area (Å²) in [6, 6.07) is 47.2. The Bertz CT molecular complexity index is 2190. The molecule has 2 heterocycles. The summed E-state index contributed by atoms with van der Waals surface area (Å²) in [7, 11) is 2.90. The van der Waals surface area contributed by atoms with Gasteiger partial charge < -0.3 is 19.1 Å². The van der Waals surface area contributed by atoms with E-state index in [-0.39, 0.29) is 17.9 Å². The molecule has 1 aromatic heterocycles. The summed E-state index contributed by atoms with van der Waals surface area (Å²) < 4.78 is 12.6. The first-order valence-corrected chi connectivity index (χ1v) is 17.8. The van der Waals surface area contributed by atoms with Gasteiger partial charge in [-0.2, -0.15) is 0 Å². The molecule has 0 aliphatic carbocycles. The molecule has 0 bridgehead atoms. The summed E-state index contributed by atoms with van der Waals surface area (Å²) >= 11 is 0. The number of hydrogen-bond acceptors (Lipinski definition) is 9. The van der Waals surface area contributed by atoms with Gasteiger partial charge in [0.2, 0.25) is 5.66 Å². The molecule has 10 nitrogen and oxygen atoms in total. The molecule has 272 valence electrons. The van der Waals surface area contributed by atoms with E-state index in [1.54, 1.807) is 25.5 Å². The first kappa shape index (κ1) is 36.3. The lowest BCUT2D eigenvalue weighted by Crippen LogP contribution is -2.48. The first-order chi connectivity index (χ1) is 26.2. The van der Waals surface area contributed by atoms with Crippen LogP contribution in [0.5, 0.6) is 0 Å². The molecule has 7 rings (SSSR count). The number of esters is 1. The molecule has 0 spiro atoms. The second-order valence-electron chi connectivity index (χ2n) is 13.8. The minimum Gasteiger partial charge on any atom is -0.464 e. The van der Waals surface area contributed by atoms with E-state index < -0.39 is 28.8 Å². The predicted molar refractivity (Wildman–Crippen MR) is 206 cm³/mol. The maximum absolute atomic E-state index is 13.2. The summed E-state index contributed by atoms with van der Waals surface area (Å²) in [5.74, 6) is -0.0916. The SMILES string of the molecule is COC(=O)c1c(C(C)(C)O)nc(C(C)OC)n1Cc1ccc(-c2ccccc2C2(C(c3ccccc3)(c3ccccc3)c3ccccc3)N=NN=N2)cc1. The highest BCUT2D eigenvalue weighted by Crippen LogP contribution is 2.58. The van der Waals surface area contributed by atoms with Crippen molar-refractivity contribution < 1.29 is 19.4 Å². The van der Waals surface area contributed by atoms with Crippen molar-refractivity contribution in [3.05, 3.63) is 185 Å². The standard InChI is InChI=1S/C44H42N6O4/c1-30(53-4)40-45-39(42(2,3)52)38(41(51)54-5)50(40)29-31-25-27-32(28-26-31)36-23-15-16-24-37(36)44(46-48-49-47-44)43(33-17-9-6-10-18-33,34-19-11-7-12-20-34)35-21-13-8-14-22-35/h6-28,30,52H,29H2,1-5H3. The van der Waals surface area contributed by atoms with Gasteiger partial charge in [-0.25, -0.2) is 9.78 Å². The number of hydrogen-bond donors (Lipinski definition) is 1. The minimum atomic E-state index is -1.40. The number of ether oxygens (including phenoxy) is 2. The van der Waals surface area contributed by atoms with Crippen LogP contribution in [-0.2, 0) is 32.7 Å². The third-order valence-electron chi connectivity index (χ3n) is 10.1. The average Bonchev–Trinajstić information content (AvgIpc) is 3.86. The van der Waals surface area contributed by atoms with Gasteiger partial charge in [0.05, 0.1) is 12.5 Å². The Labute approximate surface area is 314 Å². The summed E-state index contributed by atoms with van der Waals surface area (Å²) in [5, 5.41) is 29.5. The maximum Gasteiger partial charge on any atom is 0.356 e. The smallest absolute Gasteiger partial charge is 0.356 e. The van der Waals surface area contributed by atoms with Gasteiger partial charge >= 0.3 is 5.97 Å². The lowest BCUT2D eigenvalue weighted by molar-refractivity contribution is 0.0532. The lowest BCUT2D eigenvalue weighted by Gasteiger charge is -2.45. The second-order valence-corrected chi connectivity index (χ2v) is 13.8. The molecule has 0 saturated heterocycles. The molecule has 0 fully saturated rings. The molecule has 0 radical (unpaired) electrons. The van der Waals surface area contributed by atoms with E-state index in [2.05, 4.69) is 59.0 Å². The zero-order chi connectivity index (χ0) is 37.9. The molecular formula is C44H42N6O4. The molecular weight excluding hydrogens is 677 g/mol. The van der Waals surface area contributed by atoms with Crippen LogP contribution in [0.3, 0.4) is 0 Å². The third kappa shape index (κ3) is 6.13. The Kier molecular flexibility index (Phi) is 9.89. The summed E-state index contributed by atoms with van der Waals surface area (Å²) in [6.07, 6.45) is -0.458. The predicted octanol–water partition coefficient (Wildman–Crippen LogP) is 9.34. The fourth-order valence-corrected chi connectivity index (χ4v) is 7.60. The molecule has 5 aromatic carbocycles. The van der Waals surface area contributed by atoms with Crippen LogP contribution in [0.4, 0.5) is 0 Å². The van der Waals surface area contributed by atoms with Crippen LogP contribution < -0.4 is 0 Å². The topological polar surface area (TPSA) is 123 Å². The largest absolute Gasteiger partial charge is 0.464 e. The number of aliphatic hydroxyl groups is 1. The molecule has 54 heavy (non-hydrogen) atoms. The molecule has 1 aliphatic rings. The Morgan fingerprint density at radius 1 is 0.741 bits per heavy atom. The molecule has 1 atom stereocenters. The van der Waals surface area contributed by atoms with Crippen molar-refractivity contribution >= 4 is 5.97 Å². The number of benzene rings is 5. The number of carbonyl (C=O) groups is 1. The van der Waals surface area contributed by atoms with Crippen LogP contribution >= 0.6 is 0 Å². The van der Waals surface area contributed by atoms with Gasteiger partial charge in [0, 0.05) is 19.2 Å². The van der Waals surface area contributed by atoms with Crippen LogP contribution in [0.25, 0.3) is 11.1 Å². The van der Waals surface area contributed by atoms with Crippen molar-refractivity contribution in [3.8, 4) is 11.1 Å². The van der Waals surface area contributed by atoms with E-state index in [1.807, 2.05) is 97.9 Å². The Hall–Kier alpha value is -6.10. The van der Waals surface area contributed by atoms with Crippen LogP contribution in [0.15, 0.2) is 160 Å². The fourth-order valence-electron chi connectivity index (χ4n) is 7.60. The highest BCUT2D eigenvalue weighted by molar-refractivity contribution is 5.89. The first-order valence-electron chi connectivity index (χ1n) is 17.8.